The third-order valence-electron chi connectivity index (χ3n) is 1.51. The van der Waals surface area contributed by atoms with Crippen LogP contribution < -0.4 is 0 Å². The molecule has 0 unspecified atom stereocenters. The summed E-state index contributed by atoms with van der Waals surface area (Å²) in [6, 6.07) is 0. The van der Waals surface area contributed by atoms with Gasteiger partial charge in [0.2, 0.25) is 5.12 Å². The first-order chi connectivity index (χ1) is 5.91. The van der Waals surface area contributed by atoms with Gasteiger partial charge in [-0.15, -0.1) is 12.6 Å². The fourth-order valence-corrected chi connectivity index (χ4v) is 0.821. The van der Waals surface area contributed by atoms with Crippen LogP contribution in [0.25, 0.3) is 0 Å². The largest absolute Gasteiger partial charge is 0.394 e. The molecule has 0 aliphatic heterocycles. The van der Waals surface area contributed by atoms with E-state index in [9.17, 15) is 4.79 Å². The molecule has 0 aromatic carbocycles. The average molecular weight is 212 g/mol. The Morgan fingerprint density at radius 3 is 1.92 bits per heavy atom. The normalized spacial score (nSPS) is 20.5. The smallest absolute Gasteiger partial charge is 0.217 e. The van der Waals surface area contributed by atoms with Crippen LogP contribution in [0, 0.1) is 0 Å². The molecule has 0 saturated heterocycles. The van der Waals surface area contributed by atoms with E-state index in [0.29, 0.717) is 0 Å². The van der Waals surface area contributed by atoms with Gasteiger partial charge < -0.3 is 25.5 Å². The first kappa shape index (κ1) is 12.8. The molecule has 7 heteroatoms. The van der Waals surface area contributed by atoms with Gasteiger partial charge in [-0.25, -0.2) is 0 Å². The Balaban J connectivity index is 4.24. The van der Waals surface area contributed by atoms with Crippen LogP contribution in [0.2, 0.25) is 0 Å². The van der Waals surface area contributed by atoms with E-state index >= 15 is 0 Å². The van der Waals surface area contributed by atoms with Crippen LogP contribution in [0.1, 0.15) is 0 Å². The van der Waals surface area contributed by atoms with Crippen molar-refractivity contribution >= 4 is 17.7 Å². The number of thiol groups is 1. The van der Waals surface area contributed by atoms with Crippen molar-refractivity contribution in [1.29, 1.82) is 0 Å². The molecule has 0 amide bonds. The maximum atomic E-state index is 10.4. The van der Waals surface area contributed by atoms with Crippen LogP contribution in [-0.4, -0.2) is 61.7 Å². The van der Waals surface area contributed by atoms with E-state index in [-0.39, 0.29) is 0 Å². The monoisotopic (exact) mass is 212 g/mol. The van der Waals surface area contributed by atoms with E-state index in [4.69, 9.17) is 25.5 Å². The number of rotatable bonds is 5. The minimum absolute atomic E-state index is 0.786. The van der Waals surface area contributed by atoms with Crippen LogP contribution in [0.15, 0.2) is 0 Å². The van der Waals surface area contributed by atoms with E-state index < -0.39 is 36.1 Å². The van der Waals surface area contributed by atoms with Crippen LogP contribution in [-0.2, 0) is 4.79 Å². The Bertz CT molecular complexity index is 175. The number of hydrogen-bond acceptors (Lipinski definition) is 6. The minimum atomic E-state index is -1.89. The second kappa shape index (κ2) is 5.53. The van der Waals surface area contributed by atoms with E-state index in [1.807, 2.05) is 0 Å². The lowest BCUT2D eigenvalue weighted by Gasteiger charge is -2.23. The van der Waals surface area contributed by atoms with Gasteiger partial charge in [-0.1, -0.05) is 0 Å². The van der Waals surface area contributed by atoms with E-state index in [2.05, 4.69) is 12.6 Å². The zero-order valence-electron chi connectivity index (χ0n) is 6.61. The van der Waals surface area contributed by atoms with Gasteiger partial charge >= 0.3 is 0 Å². The molecule has 0 radical (unpaired) electrons. The molecular formula is C6H12O6S. The summed E-state index contributed by atoms with van der Waals surface area (Å²) >= 11 is 3.22. The fourth-order valence-electron chi connectivity index (χ4n) is 0.668. The zero-order valence-corrected chi connectivity index (χ0v) is 7.50. The second-order valence-electron chi connectivity index (χ2n) is 2.51. The molecule has 0 aromatic heterocycles. The average Bonchev–Trinajstić information content (AvgIpc) is 2.12. The maximum Gasteiger partial charge on any atom is 0.217 e. The highest BCUT2D eigenvalue weighted by Crippen LogP contribution is 2.06. The molecule has 0 aliphatic rings. The molecule has 0 aliphatic carbocycles. The highest BCUT2D eigenvalue weighted by molar-refractivity contribution is 7.96. The minimum Gasteiger partial charge on any atom is -0.394 e. The number of aliphatic hydroxyl groups excluding tert-OH is 5. The molecule has 0 heterocycles. The van der Waals surface area contributed by atoms with Crippen molar-refractivity contribution in [2.24, 2.45) is 0 Å². The summed E-state index contributed by atoms with van der Waals surface area (Å²) in [5.74, 6) is 0. The molecule has 0 spiro atoms. The summed E-state index contributed by atoms with van der Waals surface area (Å²) in [6.07, 6.45) is -7.17. The lowest BCUT2D eigenvalue weighted by atomic mass is 10.0. The lowest BCUT2D eigenvalue weighted by Crippen LogP contribution is -2.47. The summed E-state index contributed by atoms with van der Waals surface area (Å²) in [4.78, 5) is 10.4. The van der Waals surface area contributed by atoms with Crippen LogP contribution in [0.3, 0.4) is 0 Å². The van der Waals surface area contributed by atoms with E-state index in [1.165, 1.54) is 0 Å². The zero-order chi connectivity index (χ0) is 10.6. The van der Waals surface area contributed by atoms with Crippen molar-refractivity contribution in [2.75, 3.05) is 6.61 Å². The van der Waals surface area contributed by atoms with Gasteiger partial charge in [-0.05, 0) is 0 Å². The van der Waals surface area contributed by atoms with Gasteiger partial charge in [0.15, 0.2) is 6.10 Å². The molecule has 13 heavy (non-hydrogen) atoms. The van der Waals surface area contributed by atoms with Gasteiger partial charge in [0.1, 0.15) is 18.3 Å². The molecule has 5 N–H and O–H groups in total. The van der Waals surface area contributed by atoms with E-state index in [0.717, 1.165) is 0 Å². The van der Waals surface area contributed by atoms with Gasteiger partial charge in [-0.3, -0.25) is 4.79 Å². The first-order valence-electron chi connectivity index (χ1n) is 3.47. The molecule has 78 valence electrons. The van der Waals surface area contributed by atoms with Crippen molar-refractivity contribution in [3.05, 3.63) is 0 Å². The molecule has 0 saturated carbocycles. The first-order valence-corrected chi connectivity index (χ1v) is 3.92. The highest BCUT2D eigenvalue weighted by atomic mass is 32.1. The predicted molar refractivity (Wildman–Crippen MR) is 45.1 cm³/mol. The van der Waals surface area contributed by atoms with Gasteiger partial charge in [0, 0.05) is 0 Å². The van der Waals surface area contributed by atoms with Crippen molar-refractivity contribution in [1.82, 2.24) is 0 Å². The molecule has 6 nitrogen and oxygen atoms in total. The van der Waals surface area contributed by atoms with Gasteiger partial charge in [-0.2, -0.15) is 0 Å². The third kappa shape index (κ3) is 3.59. The number of hydrogen-bond donors (Lipinski definition) is 6. The summed E-state index contributed by atoms with van der Waals surface area (Å²) in [5.41, 5.74) is 0. The summed E-state index contributed by atoms with van der Waals surface area (Å²) in [5, 5.41) is 43.1. The molecule has 0 aromatic rings. The number of aliphatic hydroxyl groups is 5. The molecule has 0 bridgehead atoms. The predicted octanol–water partition coefficient (Wildman–Crippen LogP) is -3.12. The lowest BCUT2D eigenvalue weighted by molar-refractivity contribution is -0.139. The highest BCUT2D eigenvalue weighted by Gasteiger charge is 2.32. The van der Waals surface area contributed by atoms with Crippen LogP contribution >= 0.6 is 12.6 Å². The standard InChI is InChI=1S/C6H12O6S/c7-1-2(8)3(9)4(10)5(11)6(12)13/h2-5,7-11H,1H2,(H,12,13)/t2-,3-,4+,5-/m1/s1. The van der Waals surface area contributed by atoms with Crippen molar-refractivity contribution in [3.8, 4) is 0 Å². The van der Waals surface area contributed by atoms with Gasteiger partial charge in [0.05, 0.1) is 6.61 Å². The van der Waals surface area contributed by atoms with Gasteiger partial charge in [0.25, 0.3) is 0 Å². The Kier molecular flexibility index (Phi) is 5.45. The van der Waals surface area contributed by atoms with Crippen LogP contribution in [0.5, 0.6) is 0 Å². The molecular weight excluding hydrogens is 200 g/mol. The molecule has 0 rings (SSSR count). The molecule has 4 atom stereocenters. The Morgan fingerprint density at radius 2 is 1.62 bits per heavy atom. The second-order valence-corrected chi connectivity index (χ2v) is 2.95. The number of carbonyl (C=O) groups excluding carboxylic acids is 1. The summed E-state index contributed by atoms with van der Waals surface area (Å²) < 4.78 is 0. The fraction of sp³-hybridized carbons (Fsp3) is 0.833. The third-order valence-corrected chi connectivity index (χ3v) is 1.77. The quantitative estimate of drug-likeness (QED) is 0.268. The Hall–Kier alpha value is -0.180. The molecule has 0 fully saturated rings. The van der Waals surface area contributed by atoms with Crippen molar-refractivity contribution in [3.63, 3.8) is 0 Å². The Labute approximate surface area is 79.9 Å². The summed E-state index contributed by atoms with van der Waals surface area (Å²) in [6.45, 7) is -0.786. The van der Waals surface area contributed by atoms with Crippen molar-refractivity contribution in [2.45, 2.75) is 24.4 Å². The maximum absolute atomic E-state index is 10.4. The van der Waals surface area contributed by atoms with Crippen molar-refractivity contribution < 1.29 is 30.3 Å². The van der Waals surface area contributed by atoms with E-state index in [1.54, 1.807) is 0 Å². The topological polar surface area (TPSA) is 118 Å². The van der Waals surface area contributed by atoms with Crippen LogP contribution in [0.4, 0.5) is 0 Å². The number of carbonyl (C=O) groups is 1. The SMILES string of the molecule is O=C(S)[C@H](O)[C@@H](O)[C@H](O)[C@H](O)CO. The summed E-state index contributed by atoms with van der Waals surface area (Å²) in [7, 11) is 0. The Morgan fingerprint density at radius 1 is 1.15 bits per heavy atom.